The fourth-order valence-electron chi connectivity index (χ4n) is 5.27. The summed E-state index contributed by atoms with van der Waals surface area (Å²) in [6.45, 7) is 9.51. The molecule has 3 N–H and O–H groups in total. The van der Waals surface area contributed by atoms with E-state index in [1.165, 1.54) is 0 Å². The van der Waals surface area contributed by atoms with Gasteiger partial charge in [-0.15, -0.1) is 0 Å². The molecule has 1 aliphatic heterocycles. The van der Waals surface area contributed by atoms with Crippen LogP contribution in [0.3, 0.4) is 0 Å². The summed E-state index contributed by atoms with van der Waals surface area (Å²) >= 11 is 19.3. The van der Waals surface area contributed by atoms with E-state index >= 15 is 0 Å². The summed E-state index contributed by atoms with van der Waals surface area (Å²) in [7, 11) is 0. The molecule has 5 atom stereocenters. The van der Waals surface area contributed by atoms with Crippen molar-refractivity contribution in [3.63, 3.8) is 0 Å². The number of nitrogens with one attached hydrogen (secondary N) is 2. The fraction of sp³-hybridized carbons (Fsp3) is 0.500. The number of halogens is 3. The van der Waals surface area contributed by atoms with E-state index in [-0.39, 0.29) is 36.3 Å². The maximum absolute atomic E-state index is 13.4. The van der Waals surface area contributed by atoms with Gasteiger partial charge in [-0.3, -0.25) is 19.8 Å². The molecule has 1 heterocycles. The van der Waals surface area contributed by atoms with Gasteiger partial charge in [0.2, 0.25) is 0 Å². The third kappa shape index (κ3) is 8.31. The van der Waals surface area contributed by atoms with Crippen molar-refractivity contribution in [3.8, 4) is 0 Å². The zero-order chi connectivity index (χ0) is 31.1. The second-order valence-electron chi connectivity index (χ2n) is 11.5. The predicted molar refractivity (Wildman–Crippen MR) is 171 cm³/mol. The minimum absolute atomic E-state index is 0.0148. The van der Waals surface area contributed by atoms with Crippen LogP contribution in [0.5, 0.6) is 0 Å². The highest BCUT2D eigenvalue weighted by molar-refractivity contribution is 6.41. The topological polar surface area (TPSA) is 100 Å². The molecule has 8 nitrogen and oxygen atoms in total. The Balaban J connectivity index is 1.45. The van der Waals surface area contributed by atoms with E-state index in [0.29, 0.717) is 47.0 Å². The van der Waals surface area contributed by atoms with Crippen LogP contribution in [-0.2, 0) is 25.5 Å². The molecule has 5 unspecified atom stereocenters. The van der Waals surface area contributed by atoms with E-state index in [4.69, 9.17) is 44.3 Å². The van der Waals surface area contributed by atoms with Crippen LogP contribution in [0.25, 0.3) is 0 Å². The zero-order valence-corrected chi connectivity index (χ0v) is 27.0. The molecule has 0 spiro atoms. The van der Waals surface area contributed by atoms with Gasteiger partial charge in [-0.2, -0.15) is 0 Å². The summed E-state index contributed by atoms with van der Waals surface area (Å²) in [6.07, 6.45) is 7.19. The van der Waals surface area contributed by atoms with Gasteiger partial charge in [-0.25, -0.2) is 0 Å². The van der Waals surface area contributed by atoms with Crippen LogP contribution < -0.4 is 10.6 Å². The van der Waals surface area contributed by atoms with E-state index in [1.807, 2.05) is 45.1 Å². The minimum atomic E-state index is -1.12. The lowest BCUT2D eigenvalue weighted by atomic mass is 9.73. The molecule has 3 aliphatic rings. The maximum Gasteiger partial charge on any atom is 0.323 e. The van der Waals surface area contributed by atoms with Gasteiger partial charge >= 0.3 is 5.97 Å². The van der Waals surface area contributed by atoms with E-state index in [1.54, 1.807) is 24.3 Å². The number of carbonyl (C=O) groups is 2. The number of ether oxygens (including phenoxy) is 2. The number of benzene rings is 1. The second-order valence-corrected chi connectivity index (χ2v) is 12.7. The molecular formula is C32H40Cl3N3O5. The van der Waals surface area contributed by atoms with Gasteiger partial charge in [0.1, 0.15) is 18.9 Å². The van der Waals surface area contributed by atoms with Crippen molar-refractivity contribution < 1.29 is 24.2 Å². The first-order chi connectivity index (χ1) is 20.5. The molecule has 2 aliphatic carbocycles. The van der Waals surface area contributed by atoms with Crippen molar-refractivity contribution in [2.45, 2.75) is 45.9 Å². The molecular weight excluding hydrogens is 613 g/mol. The van der Waals surface area contributed by atoms with Gasteiger partial charge in [-0.1, -0.05) is 85.9 Å². The highest BCUT2D eigenvalue weighted by atomic mass is 35.5. The Hall–Kier alpha value is -2.17. The summed E-state index contributed by atoms with van der Waals surface area (Å²) in [5.74, 6) is -0.916. The third-order valence-corrected chi connectivity index (χ3v) is 9.95. The first-order valence-corrected chi connectivity index (χ1v) is 15.7. The lowest BCUT2D eigenvalue weighted by Gasteiger charge is -2.41. The lowest BCUT2D eigenvalue weighted by molar-refractivity contribution is -0.148. The van der Waals surface area contributed by atoms with E-state index in [9.17, 15) is 14.7 Å². The number of aliphatic hydroxyl groups excluding tert-OH is 1. The zero-order valence-electron chi connectivity index (χ0n) is 24.7. The van der Waals surface area contributed by atoms with Crippen LogP contribution in [0.15, 0.2) is 69.2 Å². The molecule has 1 saturated heterocycles. The SMILES string of the molecule is CC1CC=C(Cl)C(C(=O)Nc2ccc(CC(NC(O)C3(C)C(Cl)=CC=CC3C)C(=O)OCCN3CCOCC3)cc2)=C1Cl. The molecule has 0 radical (unpaired) electrons. The lowest BCUT2D eigenvalue weighted by Crippen LogP contribution is -2.54. The van der Waals surface area contributed by atoms with Crippen molar-refractivity contribution in [2.75, 3.05) is 44.8 Å². The third-order valence-electron chi connectivity index (χ3n) is 8.51. The van der Waals surface area contributed by atoms with Gasteiger partial charge in [0, 0.05) is 40.8 Å². The van der Waals surface area contributed by atoms with Crippen molar-refractivity contribution in [1.82, 2.24) is 10.2 Å². The number of hydrogen-bond donors (Lipinski definition) is 3. The molecule has 43 heavy (non-hydrogen) atoms. The smallest absolute Gasteiger partial charge is 0.323 e. The van der Waals surface area contributed by atoms with Gasteiger partial charge in [0.05, 0.1) is 23.8 Å². The number of anilines is 1. The quantitative estimate of drug-likeness (QED) is 0.220. The summed E-state index contributed by atoms with van der Waals surface area (Å²) in [4.78, 5) is 28.5. The van der Waals surface area contributed by atoms with Crippen molar-refractivity contribution in [1.29, 1.82) is 0 Å². The largest absolute Gasteiger partial charge is 0.463 e. The molecule has 11 heteroatoms. The molecule has 0 bridgehead atoms. The molecule has 0 saturated carbocycles. The number of nitrogens with zero attached hydrogens (tertiary/aromatic N) is 1. The number of hydrogen-bond acceptors (Lipinski definition) is 7. The van der Waals surface area contributed by atoms with Crippen molar-refractivity contribution >= 4 is 52.4 Å². The minimum Gasteiger partial charge on any atom is -0.463 e. The number of esters is 1. The molecule has 1 aromatic rings. The molecule has 0 aromatic heterocycles. The summed E-state index contributed by atoms with van der Waals surface area (Å²) in [6, 6.07) is 6.27. The van der Waals surface area contributed by atoms with Crippen molar-refractivity contribution in [3.05, 3.63) is 74.8 Å². The number of morpholine rings is 1. The van der Waals surface area contributed by atoms with Gasteiger partial charge in [0.15, 0.2) is 0 Å². The number of carbonyl (C=O) groups excluding carboxylic acids is 2. The van der Waals surface area contributed by atoms with E-state index < -0.39 is 23.7 Å². The van der Waals surface area contributed by atoms with Crippen LogP contribution in [0.2, 0.25) is 0 Å². The first-order valence-electron chi connectivity index (χ1n) is 14.6. The number of amides is 1. The second kappa shape index (κ2) is 15.2. The van der Waals surface area contributed by atoms with E-state index in [0.717, 1.165) is 18.7 Å². The maximum atomic E-state index is 13.4. The predicted octanol–water partition coefficient (Wildman–Crippen LogP) is 5.31. The highest BCUT2D eigenvalue weighted by Gasteiger charge is 2.43. The molecule has 1 aromatic carbocycles. The molecule has 1 fully saturated rings. The Bertz CT molecular complexity index is 1290. The molecule has 1 amide bonds. The summed E-state index contributed by atoms with van der Waals surface area (Å²) in [5, 5.41) is 18.6. The Morgan fingerprint density at radius 2 is 1.86 bits per heavy atom. The Labute approximate surface area is 268 Å². The Morgan fingerprint density at radius 1 is 1.16 bits per heavy atom. The van der Waals surface area contributed by atoms with Crippen LogP contribution >= 0.6 is 34.8 Å². The summed E-state index contributed by atoms with van der Waals surface area (Å²) < 4.78 is 11.1. The van der Waals surface area contributed by atoms with Crippen LogP contribution in [-0.4, -0.2) is 73.6 Å². The number of allylic oxidation sites excluding steroid dienone is 5. The standard InChI is InChI=1S/C32H40Cl3N3O5/c1-20-7-12-24(33)27(28(20)35)29(39)36-23-10-8-22(9-11-23)19-25(30(40)43-18-15-38-13-16-42-17-14-38)37-31(41)32(3)21(2)5-4-6-26(32)34/h4-6,8-12,20-21,25,31,37,41H,7,13-19H2,1-3H3,(H,36,39). The highest BCUT2D eigenvalue weighted by Crippen LogP contribution is 2.43. The average Bonchev–Trinajstić information content (AvgIpc) is 2.99. The monoisotopic (exact) mass is 651 g/mol. The fourth-order valence-corrected chi connectivity index (χ4v) is 6.22. The molecule has 4 rings (SSSR count). The molecule has 234 valence electrons. The van der Waals surface area contributed by atoms with Gasteiger partial charge in [0.25, 0.3) is 5.91 Å². The normalized spacial score (nSPS) is 25.9. The number of aliphatic hydroxyl groups is 1. The van der Waals surface area contributed by atoms with Crippen LogP contribution in [0.4, 0.5) is 5.69 Å². The van der Waals surface area contributed by atoms with E-state index in [2.05, 4.69) is 15.5 Å². The van der Waals surface area contributed by atoms with Crippen LogP contribution in [0, 0.1) is 17.3 Å². The van der Waals surface area contributed by atoms with Crippen LogP contribution in [0.1, 0.15) is 32.8 Å². The van der Waals surface area contributed by atoms with Gasteiger partial charge in [-0.05, 0) is 48.4 Å². The van der Waals surface area contributed by atoms with Gasteiger partial charge < -0.3 is 19.9 Å². The average molecular weight is 653 g/mol. The summed E-state index contributed by atoms with van der Waals surface area (Å²) in [5.41, 5.74) is 0.798. The van der Waals surface area contributed by atoms with Crippen molar-refractivity contribution in [2.24, 2.45) is 17.3 Å². The Morgan fingerprint density at radius 3 is 2.53 bits per heavy atom. The number of rotatable bonds is 11. The Kier molecular flexibility index (Phi) is 11.9. The first kappa shape index (κ1) is 33.7.